The summed E-state index contributed by atoms with van der Waals surface area (Å²) in [5.74, 6) is 0.846. The third kappa shape index (κ3) is 5.37. The van der Waals surface area contributed by atoms with Gasteiger partial charge in [0.15, 0.2) is 0 Å². The summed E-state index contributed by atoms with van der Waals surface area (Å²) < 4.78 is 4.80. The second-order valence-electron chi connectivity index (χ2n) is 16.4. The molecule has 0 fully saturated rings. The fraction of sp³-hybridized carbons (Fsp3) is 0.0172. The zero-order valence-corrected chi connectivity index (χ0v) is 33.7. The SMILES string of the molecule is C1=C(c2ccc3ccccc3c2)N=C(c2ccc(-n3c4ccc5ccccc5c4c4c5ccccc5ccc43)cc2)NC1c1ccc2c(c1)c1ccccc1n2-c1ccccc1. The first-order chi connectivity index (χ1) is 30.7. The lowest BCUT2D eigenvalue weighted by atomic mass is 9.97. The van der Waals surface area contributed by atoms with E-state index in [0.717, 1.165) is 34.0 Å². The Labute approximate surface area is 357 Å². The van der Waals surface area contributed by atoms with Crippen LogP contribution in [0.2, 0.25) is 0 Å². The third-order valence-electron chi connectivity index (χ3n) is 12.9. The minimum Gasteiger partial charge on any atom is -0.359 e. The highest BCUT2D eigenvalue weighted by Crippen LogP contribution is 2.41. The Morgan fingerprint density at radius 1 is 0.371 bits per heavy atom. The Hall–Kier alpha value is -8.21. The van der Waals surface area contributed by atoms with E-state index >= 15 is 0 Å². The van der Waals surface area contributed by atoms with Crippen LogP contribution in [0.5, 0.6) is 0 Å². The first kappa shape index (κ1) is 34.6. The third-order valence-corrected chi connectivity index (χ3v) is 12.9. The summed E-state index contributed by atoms with van der Waals surface area (Å²) in [7, 11) is 0. The van der Waals surface area contributed by atoms with Crippen LogP contribution < -0.4 is 5.32 Å². The summed E-state index contributed by atoms with van der Waals surface area (Å²) in [5.41, 5.74) is 11.3. The number of nitrogens with zero attached hydrogens (tertiary/aromatic N) is 3. The average molecular weight is 791 g/mol. The molecule has 0 radical (unpaired) electrons. The van der Waals surface area contributed by atoms with Gasteiger partial charge in [-0.1, -0.05) is 140 Å². The fourth-order valence-electron chi connectivity index (χ4n) is 10.0. The summed E-state index contributed by atoms with van der Waals surface area (Å²) in [4.78, 5) is 5.38. The molecule has 4 heteroatoms. The summed E-state index contributed by atoms with van der Waals surface area (Å²) in [6, 6.07) is 76.9. The van der Waals surface area contributed by atoms with Crippen molar-refractivity contribution in [2.75, 3.05) is 0 Å². The number of nitrogens with one attached hydrogen (secondary N) is 1. The van der Waals surface area contributed by atoms with Crippen LogP contribution in [-0.4, -0.2) is 15.0 Å². The molecule has 290 valence electrons. The van der Waals surface area contributed by atoms with Crippen molar-refractivity contribution < 1.29 is 0 Å². The molecular weight excluding hydrogens is 753 g/mol. The molecule has 0 spiro atoms. The Kier molecular flexibility index (Phi) is 7.63. The van der Waals surface area contributed by atoms with Gasteiger partial charge in [-0.15, -0.1) is 0 Å². The minimum atomic E-state index is -0.120. The van der Waals surface area contributed by atoms with Crippen molar-refractivity contribution in [1.29, 1.82) is 0 Å². The minimum absolute atomic E-state index is 0.120. The summed E-state index contributed by atoms with van der Waals surface area (Å²) >= 11 is 0. The normalized spacial score (nSPS) is 14.3. The van der Waals surface area contributed by atoms with E-state index in [1.165, 1.54) is 81.5 Å². The van der Waals surface area contributed by atoms with Crippen LogP contribution in [0.1, 0.15) is 22.7 Å². The number of aliphatic imine (C=N–C) groups is 1. The molecular formula is C58H38N4. The molecule has 0 saturated carbocycles. The van der Waals surface area contributed by atoms with Crippen molar-refractivity contribution in [2.24, 2.45) is 4.99 Å². The maximum atomic E-state index is 5.38. The van der Waals surface area contributed by atoms with Gasteiger partial charge in [0, 0.05) is 44.0 Å². The molecule has 1 atom stereocenters. The van der Waals surface area contributed by atoms with Gasteiger partial charge in [-0.2, -0.15) is 0 Å². The van der Waals surface area contributed by atoms with Gasteiger partial charge >= 0.3 is 0 Å². The maximum absolute atomic E-state index is 5.38. The first-order valence-corrected chi connectivity index (χ1v) is 21.3. The molecule has 2 aromatic heterocycles. The number of aromatic nitrogens is 2. The highest BCUT2D eigenvalue weighted by atomic mass is 15.1. The predicted molar refractivity (Wildman–Crippen MR) is 261 cm³/mol. The summed E-state index contributed by atoms with van der Waals surface area (Å²) in [5, 5.41) is 16.4. The van der Waals surface area contributed by atoms with Gasteiger partial charge in [-0.25, -0.2) is 4.99 Å². The molecule has 1 unspecified atom stereocenters. The average Bonchev–Trinajstić information content (AvgIpc) is 3.87. The molecule has 3 heterocycles. The van der Waals surface area contributed by atoms with Gasteiger partial charge in [0.25, 0.3) is 0 Å². The van der Waals surface area contributed by atoms with Crippen LogP contribution in [0.3, 0.4) is 0 Å². The van der Waals surface area contributed by atoms with E-state index in [1.807, 2.05) is 0 Å². The number of benzene rings is 10. The van der Waals surface area contributed by atoms with E-state index in [4.69, 9.17) is 4.99 Å². The number of amidine groups is 1. The lowest BCUT2D eigenvalue weighted by Gasteiger charge is -2.25. The lowest BCUT2D eigenvalue weighted by molar-refractivity contribution is 0.782. The number of para-hydroxylation sites is 2. The van der Waals surface area contributed by atoms with Crippen molar-refractivity contribution in [3.05, 3.63) is 235 Å². The summed E-state index contributed by atoms with van der Waals surface area (Å²) in [6.45, 7) is 0. The number of fused-ring (bicyclic) bond motifs is 11. The van der Waals surface area contributed by atoms with Crippen LogP contribution >= 0.6 is 0 Å². The van der Waals surface area contributed by atoms with Crippen molar-refractivity contribution in [2.45, 2.75) is 6.04 Å². The van der Waals surface area contributed by atoms with Crippen LogP contribution in [0.25, 0.3) is 93.0 Å². The molecule has 10 aromatic carbocycles. The molecule has 1 N–H and O–H groups in total. The molecule has 1 aliphatic heterocycles. The standard InChI is InChI=1S/C58H38N4/c1-2-16-44(17-3-1)61-52-21-11-10-20-48(52)49-35-43(28-31-53(49)61)51-36-50(42-23-22-37-12-4-5-15-41(37)34-42)59-58(60-51)40-24-29-45(30-25-40)62-54-32-26-38-13-6-8-18-46(38)56(54)57-47-19-9-7-14-39(47)27-33-55(57)62/h1-36,51H,(H,59,60). The Morgan fingerprint density at radius 2 is 0.903 bits per heavy atom. The second kappa shape index (κ2) is 13.7. The Morgan fingerprint density at radius 3 is 1.63 bits per heavy atom. The molecule has 62 heavy (non-hydrogen) atoms. The van der Waals surface area contributed by atoms with E-state index in [-0.39, 0.29) is 6.04 Å². The van der Waals surface area contributed by atoms with Crippen molar-refractivity contribution in [3.63, 3.8) is 0 Å². The van der Waals surface area contributed by atoms with Gasteiger partial charge in [-0.3, -0.25) is 0 Å². The van der Waals surface area contributed by atoms with Crippen molar-refractivity contribution in [3.8, 4) is 11.4 Å². The fourth-order valence-corrected chi connectivity index (χ4v) is 10.0. The van der Waals surface area contributed by atoms with Gasteiger partial charge in [0.1, 0.15) is 5.84 Å². The molecule has 0 amide bonds. The highest BCUT2D eigenvalue weighted by molar-refractivity contribution is 6.28. The van der Waals surface area contributed by atoms with Crippen LogP contribution in [0.15, 0.2) is 223 Å². The lowest BCUT2D eigenvalue weighted by Crippen LogP contribution is -2.31. The molecule has 0 bridgehead atoms. The van der Waals surface area contributed by atoms with Gasteiger partial charge in [-0.05, 0) is 117 Å². The topological polar surface area (TPSA) is 34.2 Å². The summed E-state index contributed by atoms with van der Waals surface area (Å²) in [6.07, 6.45) is 2.28. The maximum Gasteiger partial charge on any atom is 0.134 e. The highest BCUT2D eigenvalue weighted by Gasteiger charge is 2.23. The monoisotopic (exact) mass is 790 g/mol. The molecule has 13 rings (SSSR count). The Balaban J connectivity index is 0.952. The van der Waals surface area contributed by atoms with Gasteiger partial charge < -0.3 is 14.5 Å². The van der Waals surface area contributed by atoms with E-state index in [2.05, 4.69) is 233 Å². The van der Waals surface area contributed by atoms with Gasteiger partial charge in [0.05, 0.1) is 33.8 Å². The van der Waals surface area contributed by atoms with E-state index in [0.29, 0.717) is 0 Å². The van der Waals surface area contributed by atoms with Gasteiger partial charge in [0.2, 0.25) is 0 Å². The smallest absolute Gasteiger partial charge is 0.134 e. The number of rotatable bonds is 5. The van der Waals surface area contributed by atoms with Crippen molar-refractivity contribution in [1.82, 2.24) is 14.5 Å². The predicted octanol–water partition coefficient (Wildman–Crippen LogP) is 14.5. The molecule has 0 aliphatic carbocycles. The quantitative estimate of drug-likeness (QED) is 0.185. The second-order valence-corrected chi connectivity index (χ2v) is 16.4. The van der Waals surface area contributed by atoms with Crippen LogP contribution in [0, 0.1) is 0 Å². The Bertz CT molecular complexity index is 3740. The molecule has 4 nitrogen and oxygen atoms in total. The van der Waals surface area contributed by atoms with Crippen molar-refractivity contribution >= 4 is 87.5 Å². The number of hydrogen-bond acceptors (Lipinski definition) is 2. The van der Waals surface area contributed by atoms with E-state index in [9.17, 15) is 0 Å². The first-order valence-electron chi connectivity index (χ1n) is 21.3. The zero-order chi connectivity index (χ0) is 40.7. The van der Waals surface area contributed by atoms with E-state index in [1.54, 1.807) is 0 Å². The van der Waals surface area contributed by atoms with Crippen LogP contribution in [-0.2, 0) is 0 Å². The number of hydrogen-bond donors (Lipinski definition) is 1. The zero-order valence-electron chi connectivity index (χ0n) is 33.7. The van der Waals surface area contributed by atoms with E-state index < -0.39 is 0 Å². The molecule has 1 aliphatic rings. The largest absolute Gasteiger partial charge is 0.359 e. The molecule has 0 saturated heterocycles. The van der Waals surface area contributed by atoms with Crippen LogP contribution in [0.4, 0.5) is 0 Å². The molecule has 12 aromatic rings.